The van der Waals surface area contributed by atoms with E-state index in [2.05, 4.69) is 10.1 Å². The minimum atomic E-state index is 0.0944. The first-order valence-corrected chi connectivity index (χ1v) is 7.25. The lowest BCUT2D eigenvalue weighted by molar-refractivity contribution is 0.0995. The standard InChI is InChI=1S/C15H15N3OS/c1-9-15(20-10(2)16-9)14(19)8-12-11-6-4-5-7-13(11)18(3)17-12/h4-7H,8H2,1-3H3. The summed E-state index contributed by atoms with van der Waals surface area (Å²) >= 11 is 1.46. The van der Waals surface area contributed by atoms with Crippen molar-refractivity contribution in [3.05, 3.63) is 45.5 Å². The van der Waals surface area contributed by atoms with Gasteiger partial charge in [-0.25, -0.2) is 4.98 Å². The van der Waals surface area contributed by atoms with E-state index >= 15 is 0 Å². The van der Waals surface area contributed by atoms with E-state index in [0.717, 1.165) is 32.2 Å². The van der Waals surface area contributed by atoms with Gasteiger partial charge in [-0.1, -0.05) is 18.2 Å². The molecule has 0 atom stereocenters. The highest BCUT2D eigenvalue weighted by molar-refractivity contribution is 7.13. The molecule has 0 aliphatic carbocycles. The van der Waals surface area contributed by atoms with Gasteiger partial charge in [0.25, 0.3) is 0 Å². The summed E-state index contributed by atoms with van der Waals surface area (Å²) in [6, 6.07) is 7.97. The number of thiazole rings is 1. The predicted octanol–water partition coefficient (Wildman–Crippen LogP) is 3.07. The van der Waals surface area contributed by atoms with Crippen LogP contribution in [-0.4, -0.2) is 20.5 Å². The monoisotopic (exact) mass is 285 g/mol. The number of carbonyl (C=O) groups is 1. The molecule has 3 rings (SSSR count). The number of rotatable bonds is 3. The smallest absolute Gasteiger partial charge is 0.180 e. The van der Waals surface area contributed by atoms with Crippen molar-refractivity contribution in [2.24, 2.45) is 7.05 Å². The molecular formula is C15H15N3OS. The fourth-order valence-electron chi connectivity index (χ4n) is 2.44. The Kier molecular flexibility index (Phi) is 3.14. The molecule has 2 aromatic heterocycles. The maximum absolute atomic E-state index is 12.4. The van der Waals surface area contributed by atoms with Crippen LogP contribution in [0.2, 0.25) is 0 Å². The third kappa shape index (κ3) is 2.14. The topological polar surface area (TPSA) is 47.8 Å². The van der Waals surface area contributed by atoms with Crippen LogP contribution in [0.1, 0.15) is 26.1 Å². The van der Waals surface area contributed by atoms with Crippen molar-refractivity contribution in [3.8, 4) is 0 Å². The number of aromatic nitrogens is 3. The average Bonchev–Trinajstić information content (AvgIpc) is 2.91. The Labute approximate surface area is 121 Å². The molecule has 0 saturated carbocycles. The highest BCUT2D eigenvalue weighted by Crippen LogP contribution is 2.22. The maximum atomic E-state index is 12.4. The minimum Gasteiger partial charge on any atom is -0.293 e. The largest absolute Gasteiger partial charge is 0.293 e. The fraction of sp³-hybridized carbons (Fsp3) is 0.267. The van der Waals surface area contributed by atoms with Gasteiger partial charge in [-0.05, 0) is 19.9 Å². The Morgan fingerprint density at radius 2 is 2.05 bits per heavy atom. The van der Waals surface area contributed by atoms with Crippen molar-refractivity contribution in [1.29, 1.82) is 0 Å². The molecular weight excluding hydrogens is 270 g/mol. The zero-order valence-electron chi connectivity index (χ0n) is 11.7. The van der Waals surface area contributed by atoms with E-state index in [1.165, 1.54) is 11.3 Å². The van der Waals surface area contributed by atoms with Crippen molar-refractivity contribution >= 4 is 28.0 Å². The summed E-state index contributed by atoms with van der Waals surface area (Å²) in [6.07, 6.45) is 0.323. The summed E-state index contributed by atoms with van der Waals surface area (Å²) in [5.74, 6) is 0.0944. The molecule has 3 aromatic rings. The number of carbonyl (C=O) groups excluding carboxylic acids is 1. The molecule has 20 heavy (non-hydrogen) atoms. The highest BCUT2D eigenvalue weighted by atomic mass is 32.1. The normalized spacial score (nSPS) is 11.2. The Morgan fingerprint density at radius 1 is 1.30 bits per heavy atom. The second-order valence-corrected chi connectivity index (χ2v) is 6.04. The molecule has 0 aliphatic heterocycles. The quantitative estimate of drug-likeness (QED) is 0.695. The number of ketones is 1. The Bertz CT molecular complexity index is 801. The van der Waals surface area contributed by atoms with Gasteiger partial charge in [0.1, 0.15) is 0 Å². The summed E-state index contributed by atoms with van der Waals surface area (Å²) < 4.78 is 1.82. The Morgan fingerprint density at radius 3 is 2.75 bits per heavy atom. The molecule has 0 amide bonds. The minimum absolute atomic E-state index is 0.0944. The van der Waals surface area contributed by atoms with E-state index in [1.54, 1.807) is 0 Å². The molecule has 1 aromatic carbocycles. The first kappa shape index (κ1) is 13.0. The van der Waals surface area contributed by atoms with E-state index in [1.807, 2.05) is 49.8 Å². The Hall–Kier alpha value is -2.01. The van der Waals surface area contributed by atoms with Crippen LogP contribution in [0, 0.1) is 13.8 Å². The van der Waals surface area contributed by atoms with Crippen LogP contribution >= 0.6 is 11.3 Å². The molecule has 102 valence electrons. The number of hydrogen-bond acceptors (Lipinski definition) is 4. The number of benzene rings is 1. The first-order chi connectivity index (χ1) is 9.56. The fourth-order valence-corrected chi connectivity index (χ4v) is 3.30. The summed E-state index contributed by atoms with van der Waals surface area (Å²) in [7, 11) is 1.90. The van der Waals surface area contributed by atoms with E-state index in [0.29, 0.717) is 6.42 Å². The predicted molar refractivity (Wildman–Crippen MR) is 80.3 cm³/mol. The van der Waals surface area contributed by atoms with Gasteiger partial charge in [-0.3, -0.25) is 9.48 Å². The van der Waals surface area contributed by atoms with Gasteiger partial charge in [0.2, 0.25) is 0 Å². The molecule has 0 fully saturated rings. The molecule has 5 heteroatoms. The molecule has 0 bridgehead atoms. The lowest BCUT2D eigenvalue weighted by Gasteiger charge is -1.97. The van der Waals surface area contributed by atoms with Gasteiger partial charge >= 0.3 is 0 Å². The molecule has 0 saturated heterocycles. The lowest BCUT2D eigenvalue weighted by atomic mass is 10.1. The van der Waals surface area contributed by atoms with Gasteiger partial charge in [0, 0.05) is 12.4 Å². The maximum Gasteiger partial charge on any atom is 0.180 e. The van der Waals surface area contributed by atoms with Crippen molar-refractivity contribution < 1.29 is 4.79 Å². The number of para-hydroxylation sites is 1. The molecule has 0 N–H and O–H groups in total. The number of nitrogens with zero attached hydrogens (tertiary/aromatic N) is 3. The first-order valence-electron chi connectivity index (χ1n) is 6.44. The number of aryl methyl sites for hydroxylation is 3. The van der Waals surface area contributed by atoms with Crippen LogP contribution < -0.4 is 0 Å². The second-order valence-electron chi connectivity index (χ2n) is 4.83. The van der Waals surface area contributed by atoms with Gasteiger partial charge < -0.3 is 0 Å². The third-order valence-corrected chi connectivity index (χ3v) is 4.43. The number of Topliss-reactive ketones (excluding diaryl/α,β-unsaturated/α-hetero) is 1. The molecule has 0 radical (unpaired) electrons. The summed E-state index contributed by atoms with van der Waals surface area (Å²) in [4.78, 5) is 17.5. The third-order valence-electron chi connectivity index (χ3n) is 3.32. The van der Waals surface area contributed by atoms with Crippen molar-refractivity contribution in [2.75, 3.05) is 0 Å². The van der Waals surface area contributed by atoms with Gasteiger partial charge in [0.05, 0.1) is 33.2 Å². The van der Waals surface area contributed by atoms with Crippen LogP contribution in [0.3, 0.4) is 0 Å². The van der Waals surface area contributed by atoms with Crippen molar-refractivity contribution in [1.82, 2.24) is 14.8 Å². The lowest BCUT2D eigenvalue weighted by Crippen LogP contribution is -2.04. The van der Waals surface area contributed by atoms with Gasteiger partial charge in [-0.2, -0.15) is 5.10 Å². The summed E-state index contributed by atoms with van der Waals surface area (Å²) in [6.45, 7) is 3.80. The van der Waals surface area contributed by atoms with Crippen molar-refractivity contribution in [2.45, 2.75) is 20.3 Å². The van der Waals surface area contributed by atoms with Crippen LogP contribution in [0.15, 0.2) is 24.3 Å². The van der Waals surface area contributed by atoms with E-state index in [9.17, 15) is 4.79 Å². The highest BCUT2D eigenvalue weighted by Gasteiger charge is 2.17. The summed E-state index contributed by atoms with van der Waals surface area (Å²) in [5.41, 5.74) is 2.70. The van der Waals surface area contributed by atoms with Crippen LogP contribution in [0.4, 0.5) is 0 Å². The zero-order valence-corrected chi connectivity index (χ0v) is 12.5. The zero-order chi connectivity index (χ0) is 14.3. The van der Waals surface area contributed by atoms with E-state index in [4.69, 9.17) is 0 Å². The molecule has 0 unspecified atom stereocenters. The molecule has 2 heterocycles. The van der Waals surface area contributed by atoms with Crippen molar-refractivity contribution in [3.63, 3.8) is 0 Å². The van der Waals surface area contributed by atoms with Gasteiger partial charge in [-0.15, -0.1) is 11.3 Å². The van der Waals surface area contributed by atoms with Crippen LogP contribution in [0.25, 0.3) is 10.9 Å². The summed E-state index contributed by atoms with van der Waals surface area (Å²) in [5, 5.41) is 6.44. The Balaban J connectivity index is 1.97. The number of hydrogen-bond donors (Lipinski definition) is 0. The molecule has 0 spiro atoms. The van der Waals surface area contributed by atoms with Crippen LogP contribution in [0.5, 0.6) is 0 Å². The van der Waals surface area contributed by atoms with Crippen LogP contribution in [-0.2, 0) is 13.5 Å². The molecule has 4 nitrogen and oxygen atoms in total. The molecule has 0 aliphatic rings. The average molecular weight is 285 g/mol. The number of fused-ring (bicyclic) bond motifs is 1. The second kappa shape index (κ2) is 4.83. The SMILES string of the molecule is Cc1nc(C)c(C(=O)Cc2nn(C)c3ccccc23)s1. The van der Waals surface area contributed by atoms with Gasteiger partial charge in [0.15, 0.2) is 5.78 Å². The van der Waals surface area contributed by atoms with E-state index < -0.39 is 0 Å². The van der Waals surface area contributed by atoms with E-state index in [-0.39, 0.29) is 5.78 Å².